The highest BCUT2D eigenvalue weighted by atomic mass is 32.2. The van der Waals surface area contributed by atoms with Crippen molar-refractivity contribution in [3.63, 3.8) is 0 Å². The fourth-order valence-electron chi connectivity index (χ4n) is 1.93. The molecule has 0 bridgehead atoms. The van der Waals surface area contributed by atoms with Gasteiger partial charge in [-0.15, -0.1) is 0 Å². The van der Waals surface area contributed by atoms with E-state index in [2.05, 4.69) is 24.4 Å². The summed E-state index contributed by atoms with van der Waals surface area (Å²) in [5.74, 6) is 1.53. The molecule has 114 valence electrons. The van der Waals surface area contributed by atoms with E-state index in [0.717, 1.165) is 17.9 Å². The molecule has 0 saturated heterocycles. The Hall–Kier alpha value is -0.870. The number of ether oxygens (including phenoxy) is 1. The van der Waals surface area contributed by atoms with Crippen molar-refractivity contribution in [3.8, 4) is 5.75 Å². The van der Waals surface area contributed by atoms with E-state index in [1.54, 1.807) is 0 Å². The molecule has 2 atom stereocenters. The number of hydrogen-bond acceptors (Lipinski definition) is 3. The second-order valence-electron chi connectivity index (χ2n) is 5.44. The third kappa shape index (κ3) is 5.63. The van der Waals surface area contributed by atoms with E-state index < -0.39 is 10.8 Å². The summed E-state index contributed by atoms with van der Waals surface area (Å²) >= 11 is 0. The van der Waals surface area contributed by atoms with Crippen LogP contribution in [-0.4, -0.2) is 27.9 Å². The number of rotatable bonds is 8. The molecular weight excluding hydrogens is 270 g/mol. The van der Waals surface area contributed by atoms with Gasteiger partial charge >= 0.3 is 0 Å². The second-order valence-corrected chi connectivity index (χ2v) is 7.48. The van der Waals surface area contributed by atoms with Crippen molar-refractivity contribution in [2.75, 3.05) is 12.3 Å². The van der Waals surface area contributed by atoms with Crippen LogP contribution in [0.15, 0.2) is 24.3 Å². The molecule has 4 heteroatoms. The zero-order valence-electron chi connectivity index (χ0n) is 13.2. The maximum atomic E-state index is 12.1. The van der Waals surface area contributed by atoms with Gasteiger partial charge in [0.05, 0.1) is 6.10 Å². The fourth-order valence-corrected chi connectivity index (χ4v) is 2.95. The summed E-state index contributed by atoms with van der Waals surface area (Å²) in [6, 6.07) is 8.22. The largest absolute Gasteiger partial charge is 0.491 e. The number of hydrogen-bond donors (Lipinski definition) is 1. The van der Waals surface area contributed by atoms with Crippen molar-refractivity contribution in [1.29, 1.82) is 0 Å². The lowest BCUT2D eigenvalue weighted by Gasteiger charge is -2.20. The van der Waals surface area contributed by atoms with E-state index in [9.17, 15) is 4.21 Å². The third-order valence-corrected chi connectivity index (χ3v) is 4.67. The van der Waals surface area contributed by atoms with Gasteiger partial charge in [-0.05, 0) is 38.1 Å². The van der Waals surface area contributed by atoms with Crippen LogP contribution in [0.25, 0.3) is 0 Å². The molecule has 0 aliphatic carbocycles. The summed E-state index contributed by atoms with van der Waals surface area (Å²) in [7, 11) is -0.812. The molecule has 0 saturated carbocycles. The van der Waals surface area contributed by atoms with Gasteiger partial charge < -0.3 is 10.1 Å². The Morgan fingerprint density at radius 2 is 1.75 bits per heavy atom. The van der Waals surface area contributed by atoms with Crippen LogP contribution in [0, 0.1) is 0 Å². The highest BCUT2D eigenvalue weighted by Crippen LogP contribution is 2.20. The molecule has 1 aromatic carbocycles. The molecule has 2 unspecified atom stereocenters. The van der Waals surface area contributed by atoms with Crippen molar-refractivity contribution in [2.24, 2.45) is 0 Å². The molecule has 1 rings (SSSR count). The summed E-state index contributed by atoms with van der Waals surface area (Å²) < 4.78 is 17.7. The highest BCUT2D eigenvalue weighted by Gasteiger charge is 2.16. The Labute approximate surface area is 125 Å². The molecule has 0 amide bonds. The first kappa shape index (κ1) is 17.2. The van der Waals surface area contributed by atoms with Gasteiger partial charge in [0.15, 0.2) is 0 Å². The predicted octanol–water partition coefficient (Wildman–Crippen LogP) is 3.28. The number of benzene rings is 1. The van der Waals surface area contributed by atoms with Gasteiger partial charge in [0.2, 0.25) is 0 Å². The SMILES string of the molecule is CCNC(CS(=O)C(C)C)c1ccc(OC(C)C)cc1. The Balaban J connectivity index is 2.78. The van der Waals surface area contributed by atoms with Gasteiger partial charge in [-0.25, -0.2) is 0 Å². The lowest BCUT2D eigenvalue weighted by molar-refractivity contribution is 0.242. The molecule has 0 fully saturated rings. The van der Waals surface area contributed by atoms with Crippen molar-refractivity contribution in [2.45, 2.75) is 52.0 Å². The normalized spacial score (nSPS) is 14.6. The van der Waals surface area contributed by atoms with Gasteiger partial charge in [0.1, 0.15) is 5.75 Å². The summed E-state index contributed by atoms with van der Waals surface area (Å²) in [6.07, 6.45) is 0.179. The molecule has 1 aromatic rings. The van der Waals surface area contributed by atoms with Gasteiger partial charge in [0, 0.05) is 27.8 Å². The van der Waals surface area contributed by atoms with E-state index in [4.69, 9.17) is 4.74 Å². The van der Waals surface area contributed by atoms with Crippen LogP contribution in [0.2, 0.25) is 0 Å². The Morgan fingerprint density at radius 3 is 2.20 bits per heavy atom. The minimum absolute atomic E-state index is 0.135. The van der Waals surface area contributed by atoms with Gasteiger partial charge in [-0.1, -0.05) is 32.9 Å². The Bertz CT molecular complexity index is 415. The molecule has 0 radical (unpaired) electrons. The van der Waals surface area contributed by atoms with Gasteiger partial charge in [-0.2, -0.15) is 0 Å². The third-order valence-electron chi connectivity index (χ3n) is 2.96. The molecule has 20 heavy (non-hydrogen) atoms. The van der Waals surface area contributed by atoms with E-state index in [1.165, 1.54) is 0 Å². The first-order valence-corrected chi connectivity index (χ1v) is 8.69. The first-order chi connectivity index (χ1) is 9.43. The Kier molecular flexibility index (Phi) is 7.24. The first-order valence-electron chi connectivity index (χ1n) is 7.31. The van der Waals surface area contributed by atoms with Crippen LogP contribution in [0.5, 0.6) is 5.75 Å². The predicted molar refractivity (Wildman–Crippen MR) is 86.8 cm³/mol. The van der Waals surface area contributed by atoms with E-state index in [-0.39, 0.29) is 17.4 Å². The van der Waals surface area contributed by atoms with Gasteiger partial charge in [0.25, 0.3) is 0 Å². The standard InChI is InChI=1S/C16H27NO2S/c1-6-17-16(11-20(18)13(4)5)14-7-9-15(10-8-14)19-12(2)3/h7-10,12-13,16-17H,6,11H2,1-5H3. The maximum absolute atomic E-state index is 12.1. The van der Waals surface area contributed by atoms with Crippen LogP contribution in [0.4, 0.5) is 0 Å². The highest BCUT2D eigenvalue weighted by molar-refractivity contribution is 7.85. The van der Waals surface area contributed by atoms with Crippen molar-refractivity contribution >= 4 is 10.8 Å². The average Bonchev–Trinajstić information content (AvgIpc) is 2.38. The Morgan fingerprint density at radius 1 is 1.15 bits per heavy atom. The van der Waals surface area contributed by atoms with Crippen molar-refractivity contribution in [1.82, 2.24) is 5.32 Å². The zero-order chi connectivity index (χ0) is 15.1. The molecule has 0 aliphatic heterocycles. The molecule has 0 heterocycles. The summed E-state index contributed by atoms with van der Waals surface area (Å²) in [5.41, 5.74) is 1.16. The minimum atomic E-state index is -0.812. The molecule has 1 N–H and O–H groups in total. The molecule has 3 nitrogen and oxygen atoms in total. The van der Waals surface area contributed by atoms with Crippen LogP contribution in [-0.2, 0) is 10.8 Å². The molecule has 0 aromatic heterocycles. The second kappa shape index (κ2) is 8.42. The van der Waals surface area contributed by atoms with Crippen molar-refractivity contribution in [3.05, 3.63) is 29.8 Å². The summed E-state index contributed by atoms with van der Waals surface area (Å²) in [6.45, 7) is 11.0. The smallest absolute Gasteiger partial charge is 0.119 e. The average molecular weight is 297 g/mol. The monoisotopic (exact) mass is 297 g/mol. The van der Waals surface area contributed by atoms with Crippen LogP contribution in [0.1, 0.15) is 46.2 Å². The molecular formula is C16H27NO2S. The zero-order valence-corrected chi connectivity index (χ0v) is 14.0. The topological polar surface area (TPSA) is 38.3 Å². The van der Waals surface area contributed by atoms with Crippen LogP contribution >= 0.6 is 0 Å². The summed E-state index contributed by atoms with van der Waals surface area (Å²) in [4.78, 5) is 0. The summed E-state index contributed by atoms with van der Waals surface area (Å²) in [5, 5.41) is 3.61. The molecule has 0 aliphatic rings. The van der Waals surface area contributed by atoms with Crippen LogP contribution < -0.4 is 10.1 Å². The lowest BCUT2D eigenvalue weighted by atomic mass is 10.1. The quantitative estimate of drug-likeness (QED) is 0.800. The molecule has 0 spiro atoms. The van der Waals surface area contributed by atoms with E-state index in [0.29, 0.717) is 5.75 Å². The maximum Gasteiger partial charge on any atom is 0.119 e. The van der Waals surface area contributed by atoms with Gasteiger partial charge in [-0.3, -0.25) is 4.21 Å². The van der Waals surface area contributed by atoms with E-state index in [1.807, 2.05) is 39.8 Å². The minimum Gasteiger partial charge on any atom is -0.491 e. The number of nitrogens with one attached hydrogen (secondary N) is 1. The van der Waals surface area contributed by atoms with Crippen LogP contribution in [0.3, 0.4) is 0 Å². The fraction of sp³-hybridized carbons (Fsp3) is 0.625. The van der Waals surface area contributed by atoms with Crippen molar-refractivity contribution < 1.29 is 8.95 Å². The van der Waals surface area contributed by atoms with E-state index >= 15 is 0 Å². The lowest BCUT2D eigenvalue weighted by Crippen LogP contribution is -2.28.